The minimum absolute atomic E-state index is 0.0298. The third kappa shape index (κ3) is 3.69. The number of amides is 1. The Morgan fingerprint density at radius 1 is 1.23 bits per heavy atom. The molecule has 0 saturated carbocycles. The van der Waals surface area contributed by atoms with Crippen LogP contribution in [-0.2, 0) is 15.3 Å². The minimum atomic E-state index is -3.44. The van der Waals surface area contributed by atoms with Crippen molar-refractivity contribution in [3.63, 3.8) is 0 Å². The van der Waals surface area contributed by atoms with Gasteiger partial charge in [-0.3, -0.25) is 4.79 Å². The van der Waals surface area contributed by atoms with Gasteiger partial charge in [0.2, 0.25) is 0 Å². The van der Waals surface area contributed by atoms with E-state index in [0.29, 0.717) is 11.5 Å². The molecule has 0 aliphatic heterocycles. The Balaban J connectivity index is 2.22. The lowest BCUT2D eigenvalue weighted by molar-refractivity contribution is 0.102. The molecule has 0 atom stereocenters. The van der Waals surface area contributed by atoms with E-state index >= 15 is 0 Å². The van der Waals surface area contributed by atoms with Crippen molar-refractivity contribution in [2.75, 3.05) is 11.6 Å². The first kappa shape index (κ1) is 16.6. The van der Waals surface area contributed by atoms with Crippen molar-refractivity contribution in [2.24, 2.45) is 0 Å². The zero-order valence-corrected chi connectivity index (χ0v) is 14.4. The third-order valence-corrected chi connectivity index (χ3v) is 5.00. The second kappa shape index (κ2) is 5.77. The molecular formula is C14H17N3O3S2. The molecule has 0 aromatic carbocycles. The number of sulfone groups is 1. The van der Waals surface area contributed by atoms with Crippen molar-refractivity contribution in [3.05, 3.63) is 34.5 Å². The van der Waals surface area contributed by atoms with Crippen LogP contribution in [0, 0.1) is 0 Å². The Morgan fingerprint density at radius 3 is 2.32 bits per heavy atom. The molecule has 0 spiro atoms. The zero-order valence-electron chi connectivity index (χ0n) is 12.7. The first-order valence-corrected chi connectivity index (χ1v) is 9.27. The SMILES string of the molecule is CC(C)(C)c1ncc(NC(=O)c2sccc2S(C)(=O)=O)cn1. The van der Waals surface area contributed by atoms with Crippen molar-refractivity contribution in [1.82, 2.24) is 9.97 Å². The monoisotopic (exact) mass is 339 g/mol. The summed E-state index contributed by atoms with van der Waals surface area (Å²) in [4.78, 5) is 20.8. The second-order valence-electron chi connectivity index (χ2n) is 5.89. The summed E-state index contributed by atoms with van der Waals surface area (Å²) in [5, 5.41) is 4.19. The van der Waals surface area contributed by atoms with Crippen LogP contribution in [0.4, 0.5) is 5.69 Å². The van der Waals surface area contributed by atoms with Gasteiger partial charge in [0.05, 0.1) is 23.0 Å². The Hall–Kier alpha value is -1.80. The number of hydrogen-bond donors (Lipinski definition) is 1. The van der Waals surface area contributed by atoms with Gasteiger partial charge in [-0.05, 0) is 11.4 Å². The van der Waals surface area contributed by atoms with Crippen LogP contribution in [0.3, 0.4) is 0 Å². The summed E-state index contributed by atoms with van der Waals surface area (Å²) in [5.74, 6) is 0.181. The van der Waals surface area contributed by atoms with Gasteiger partial charge in [0, 0.05) is 11.7 Å². The number of hydrogen-bond acceptors (Lipinski definition) is 6. The molecule has 1 amide bonds. The molecule has 0 radical (unpaired) electrons. The van der Waals surface area contributed by atoms with E-state index in [2.05, 4.69) is 15.3 Å². The number of rotatable bonds is 3. The number of carbonyl (C=O) groups excluding carboxylic acids is 1. The Bertz CT molecular complexity index is 787. The standard InChI is InChI=1S/C14H17N3O3S2/c1-14(2,3)13-15-7-9(8-16-13)17-12(18)11-10(5-6-21-11)22(4,19)20/h5-8H,1-4H3,(H,17,18). The molecule has 22 heavy (non-hydrogen) atoms. The molecule has 118 valence electrons. The van der Waals surface area contributed by atoms with Gasteiger partial charge >= 0.3 is 0 Å². The van der Waals surface area contributed by atoms with Crippen molar-refractivity contribution in [1.29, 1.82) is 0 Å². The highest BCUT2D eigenvalue weighted by Gasteiger charge is 2.21. The van der Waals surface area contributed by atoms with E-state index in [9.17, 15) is 13.2 Å². The molecule has 2 aromatic rings. The average Bonchev–Trinajstić information content (AvgIpc) is 2.87. The fourth-order valence-corrected chi connectivity index (χ4v) is 3.83. The molecule has 8 heteroatoms. The Morgan fingerprint density at radius 2 is 1.82 bits per heavy atom. The first-order valence-electron chi connectivity index (χ1n) is 6.50. The summed E-state index contributed by atoms with van der Waals surface area (Å²) in [6, 6.07) is 1.42. The lowest BCUT2D eigenvalue weighted by atomic mass is 9.96. The topological polar surface area (TPSA) is 89.0 Å². The van der Waals surface area contributed by atoms with Crippen LogP contribution >= 0.6 is 11.3 Å². The summed E-state index contributed by atoms with van der Waals surface area (Å²) in [7, 11) is -3.44. The molecule has 2 aromatic heterocycles. The molecule has 0 bridgehead atoms. The fraction of sp³-hybridized carbons (Fsp3) is 0.357. The predicted octanol–water partition coefficient (Wildman–Crippen LogP) is 2.49. The molecule has 0 unspecified atom stereocenters. The van der Waals surface area contributed by atoms with E-state index in [4.69, 9.17) is 0 Å². The van der Waals surface area contributed by atoms with Gasteiger partial charge in [-0.15, -0.1) is 11.3 Å². The van der Waals surface area contributed by atoms with E-state index in [1.54, 1.807) is 5.38 Å². The van der Waals surface area contributed by atoms with Crippen molar-refractivity contribution >= 4 is 32.8 Å². The molecule has 0 aliphatic rings. The highest BCUT2D eigenvalue weighted by molar-refractivity contribution is 7.91. The largest absolute Gasteiger partial charge is 0.319 e. The van der Waals surface area contributed by atoms with Crippen LogP contribution in [0.15, 0.2) is 28.7 Å². The van der Waals surface area contributed by atoms with E-state index in [1.807, 2.05) is 20.8 Å². The lowest BCUT2D eigenvalue weighted by Gasteiger charge is -2.16. The van der Waals surface area contributed by atoms with Crippen LogP contribution in [0.1, 0.15) is 36.3 Å². The number of nitrogens with zero attached hydrogens (tertiary/aromatic N) is 2. The predicted molar refractivity (Wildman–Crippen MR) is 86.1 cm³/mol. The van der Waals surface area contributed by atoms with Crippen LogP contribution < -0.4 is 5.32 Å². The highest BCUT2D eigenvalue weighted by Crippen LogP contribution is 2.23. The van der Waals surface area contributed by atoms with Gasteiger partial charge in [-0.25, -0.2) is 18.4 Å². The molecule has 6 nitrogen and oxygen atoms in total. The number of carbonyl (C=O) groups is 1. The van der Waals surface area contributed by atoms with Crippen LogP contribution in [0.2, 0.25) is 0 Å². The van der Waals surface area contributed by atoms with Crippen molar-refractivity contribution in [3.8, 4) is 0 Å². The first-order chi connectivity index (χ1) is 10.1. The van der Waals surface area contributed by atoms with Gasteiger partial charge in [0.25, 0.3) is 5.91 Å². The second-order valence-corrected chi connectivity index (χ2v) is 8.79. The van der Waals surface area contributed by atoms with Gasteiger partial charge < -0.3 is 5.32 Å². The number of thiophene rings is 1. The molecular weight excluding hydrogens is 322 g/mol. The maximum Gasteiger partial charge on any atom is 0.267 e. The summed E-state index contributed by atoms with van der Waals surface area (Å²) in [6.45, 7) is 5.97. The smallest absolute Gasteiger partial charge is 0.267 e. The van der Waals surface area contributed by atoms with Crippen molar-refractivity contribution < 1.29 is 13.2 Å². The quantitative estimate of drug-likeness (QED) is 0.928. The molecule has 2 heterocycles. The van der Waals surface area contributed by atoms with Gasteiger partial charge in [0.1, 0.15) is 10.7 Å². The molecule has 0 fully saturated rings. The maximum atomic E-state index is 12.2. The summed E-state index contributed by atoms with van der Waals surface area (Å²) in [6.07, 6.45) is 4.10. The molecule has 2 rings (SSSR count). The average molecular weight is 339 g/mol. The lowest BCUT2D eigenvalue weighted by Crippen LogP contribution is -2.17. The summed E-state index contributed by atoms with van der Waals surface area (Å²) in [5.41, 5.74) is 0.241. The van der Waals surface area contributed by atoms with E-state index < -0.39 is 15.7 Å². The minimum Gasteiger partial charge on any atom is -0.319 e. The number of anilines is 1. The Labute approximate surface area is 133 Å². The maximum absolute atomic E-state index is 12.2. The van der Waals surface area contributed by atoms with Crippen LogP contribution in [0.5, 0.6) is 0 Å². The third-order valence-electron chi connectivity index (χ3n) is 2.82. The van der Waals surface area contributed by atoms with Gasteiger partial charge in [-0.1, -0.05) is 20.8 Å². The van der Waals surface area contributed by atoms with Gasteiger partial charge in [-0.2, -0.15) is 0 Å². The highest BCUT2D eigenvalue weighted by atomic mass is 32.2. The van der Waals surface area contributed by atoms with E-state index in [-0.39, 0.29) is 15.2 Å². The van der Waals surface area contributed by atoms with E-state index in [1.165, 1.54) is 18.5 Å². The number of nitrogens with one attached hydrogen (secondary N) is 1. The van der Waals surface area contributed by atoms with Crippen LogP contribution in [-0.4, -0.2) is 30.5 Å². The van der Waals surface area contributed by atoms with Gasteiger partial charge in [0.15, 0.2) is 9.84 Å². The zero-order chi connectivity index (χ0) is 16.5. The normalized spacial score (nSPS) is 12.2. The van der Waals surface area contributed by atoms with E-state index in [0.717, 1.165) is 17.6 Å². The number of aromatic nitrogens is 2. The Kier molecular flexibility index (Phi) is 4.35. The molecule has 0 saturated heterocycles. The molecule has 0 aliphatic carbocycles. The summed E-state index contributed by atoms with van der Waals surface area (Å²) < 4.78 is 23.3. The van der Waals surface area contributed by atoms with Crippen molar-refractivity contribution in [2.45, 2.75) is 31.1 Å². The molecule has 1 N–H and O–H groups in total. The van der Waals surface area contributed by atoms with Crippen LogP contribution in [0.25, 0.3) is 0 Å². The summed E-state index contributed by atoms with van der Waals surface area (Å²) >= 11 is 1.08. The fourth-order valence-electron chi connectivity index (χ4n) is 1.72.